The van der Waals surface area contributed by atoms with Gasteiger partial charge in [-0.05, 0) is 85.3 Å². The van der Waals surface area contributed by atoms with Crippen molar-refractivity contribution in [3.63, 3.8) is 0 Å². The number of benzene rings is 9. The molecule has 2 atom stereocenters. The number of nitrogens with zero attached hydrogens (tertiary/aromatic N) is 1. The van der Waals surface area contributed by atoms with E-state index in [1.165, 1.54) is 54.5 Å². The summed E-state index contributed by atoms with van der Waals surface area (Å²) in [6, 6.07) is 69.8. The summed E-state index contributed by atoms with van der Waals surface area (Å²) in [5.74, 6) is 0. The molecule has 1 spiro atoms. The molecule has 0 saturated carbocycles. The lowest BCUT2D eigenvalue weighted by Crippen LogP contribution is -2.48. The summed E-state index contributed by atoms with van der Waals surface area (Å²) in [5.41, 5.74) is 9.64. The molecule has 0 saturated heterocycles. The predicted molar refractivity (Wildman–Crippen MR) is 226 cm³/mol. The number of hydrogen-bond donors (Lipinski definition) is 0. The highest BCUT2D eigenvalue weighted by Crippen LogP contribution is 2.61. The van der Waals surface area contributed by atoms with Gasteiger partial charge in [0.05, 0.1) is 22.1 Å². The van der Waals surface area contributed by atoms with Gasteiger partial charge in [0.2, 0.25) is 0 Å². The molecule has 3 heterocycles. The Kier molecular flexibility index (Phi) is 6.00. The topological polar surface area (TPSA) is 22.0 Å². The molecule has 10 aromatic rings. The Bertz CT molecular complexity index is 3270. The molecule has 2 nitrogen and oxygen atoms in total. The van der Waals surface area contributed by atoms with E-state index in [-0.39, 0.29) is 0 Å². The molecule has 9 aromatic carbocycles. The van der Waals surface area contributed by atoms with Gasteiger partial charge in [-0.1, -0.05) is 164 Å². The van der Waals surface area contributed by atoms with E-state index in [4.69, 9.17) is 0 Å². The average Bonchev–Trinajstić information content (AvgIpc) is 3.59. The third-order valence-corrected chi connectivity index (χ3v) is 15.4. The lowest BCUT2D eigenvalue weighted by molar-refractivity contribution is 0.590. The maximum atomic E-state index is 16.4. The van der Waals surface area contributed by atoms with E-state index in [1.54, 1.807) is 0 Å². The van der Waals surface area contributed by atoms with Crippen LogP contribution in [0.4, 0.5) is 0 Å². The quantitative estimate of drug-likeness (QED) is 0.130. The molecule has 0 aliphatic carbocycles. The van der Waals surface area contributed by atoms with E-state index in [2.05, 4.69) is 168 Å². The van der Waals surface area contributed by atoms with Crippen LogP contribution in [0, 0.1) is 0 Å². The molecule has 2 aliphatic heterocycles. The van der Waals surface area contributed by atoms with Gasteiger partial charge in [-0.15, -0.1) is 0 Å². The van der Waals surface area contributed by atoms with Crippen molar-refractivity contribution in [2.24, 2.45) is 0 Å². The van der Waals surface area contributed by atoms with E-state index < -0.39 is 12.6 Å². The van der Waals surface area contributed by atoms with Gasteiger partial charge in [0.1, 0.15) is 0 Å². The zero-order valence-corrected chi connectivity index (χ0v) is 30.2. The average molecular weight is 706 g/mol. The van der Waals surface area contributed by atoms with E-state index in [0.717, 1.165) is 43.9 Å². The van der Waals surface area contributed by atoms with Gasteiger partial charge in [0.15, 0.2) is 7.14 Å². The summed E-state index contributed by atoms with van der Waals surface area (Å²) >= 11 is 0. The molecule has 0 radical (unpaired) electrons. The van der Waals surface area contributed by atoms with Crippen molar-refractivity contribution >= 4 is 66.4 Å². The molecule has 12 rings (SSSR count). The molecule has 3 heteroatoms. The standard InChI is InChI=1S/C51H32NOP/c53-54(37-14-2-1-3-15-37)48-24-11-8-20-43(48)51(42-19-7-10-23-47(42)52-46-22-9-6-17-40(46)41-18-12-21-44(51)50(41)52)45-32-35(28-30-49(45)54)34-27-29-39-36(31-34)26-25-33-13-4-5-16-38(33)39/h1-32H. The minimum absolute atomic E-state index is 0.738. The number of para-hydroxylation sites is 3. The highest BCUT2D eigenvalue weighted by molar-refractivity contribution is 7.85. The van der Waals surface area contributed by atoms with Crippen LogP contribution in [0.15, 0.2) is 194 Å². The van der Waals surface area contributed by atoms with Crippen LogP contribution in [0.1, 0.15) is 22.3 Å². The zero-order valence-electron chi connectivity index (χ0n) is 29.3. The second-order valence-corrected chi connectivity index (χ2v) is 17.4. The van der Waals surface area contributed by atoms with E-state index in [1.807, 2.05) is 30.3 Å². The Hall–Kier alpha value is -6.47. The first-order chi connectivity index (χ1) is 26.7. The van der Waals surface area contributed by atoms with Crippen LogP contribution >= 0.6 is 7.14 Å². The highest BCUT2D eigenvalue weighted by atomic mass is 31.2. The largest absolute Gasteiger partial charge is 0.309 e. The summed E-state index contributed by atoms with van der Waals surface area (Å²) in [6.45, 7) is 0. The fourth-order valence-corrected chi connectivity index (χ4v) is 13.2. The molecule has 2 aliphatic rings. The first-order valence-corrected chi connectivity index (χ1v) is 20.3. The highest BCUT2D eigenvalue weighted by Gasteiger charge is 2.54. The molecular weight excluding hydrogens is 674 g/mol. The number of hydrogen-bond acceptors (Lipinski definition) is 1. The van der Waals surface area contributed by atoms with Crippen LogP contribution < -0.4 is 15.9 Å². The number of fused-ring (bicyclic) bond motifs is 14. The maximum Gasteiger partial charge on any atom is 0.171 e. The SMILES string of the molecule is O=P1(c2ccccc2)c2ccccc2C2(c3ccccc3-n3c4ccccc4c4cccc2c43)c2cc(-c3ccc4c(ccc5ccccc54)c3)ccc21. The van der Waals surface area contributed by atoms with Crippen molar-refractivity contribution in [2.75, 3.05) is 0 Å². The molecule has 252 valence electrons. The Balaban J connectivity index is 1.24. The minimum Gasteiger partial charge on any atom is -0.309 e. The molecule has 54 heavy (non-hydrogen) atoms. The van der Waals surface area contributed by atoms with Gasteiger partial charge in [-0.25, -0.2) is 0 Å². The van der Waals surface area contributed by atoms with Crippen molar-refractivity contribution in [1.29, 1.82) is 0 Å². The van der Waals surface area contributed by atoms with Crippen molar-refractivity contribution in [2.45, 2.75) is 5.41 Å². The van der Waals surface area contributed by atoms with E-state index >= 15 is 4.57 Å². The summed E-state index contributed by atoms with van der Waals surface area (Å²) in [7, 11) is -3.32. The summed E-state index contributed by atoms with van der Waals surface area (Å²) in [4.78, 5) is 0. The Labute approximate surface area is 313 Å². The lowest BCUT2D eigenvalue weighted by Gasteiger charge is -2.47. The summed E-state index contributed by atoms with van der Waals surface area (Å²) < 4.78 is 18.9. The number of aromatic nitrogens is 1. The Morgan fingerprint density at radius 1 is 0.407 bits per heavy atom. The molecule has 1 aromatic heterocycles. The van der Waals surface area contributed by atoms with Gasteiger partial charge in [0.25, 0.3) is 0 Å². The van der Waals surface area contributed by atoms with E-state index in [0.29, 0.717) is 0 Å². The Morgan fingerprint density at radius 3 is 1.94 bits per heavy atom. The van der Waals surface area contributed by atoms with Gasteiger partial charge in [0, 0.05) is 26.7 Å². The van der Waals surface area contributed by atoms with Crippen LogP contribution in [0.5, 0.6) is 0 Å². The smallest absolute Gasteiger partial charge is 0.171 e. The normalized spacial score (nSPS) is 18.2. The van der Waals surface area contributed by atoms with Crippen LogP contribution in [-0.4, -0.2) is 4.57 Å². The monoisotopic (exact) mass is 705 g/mol. The summed E-state index contributed by atoms with van der Waals surface area (Å²) in [6.07, 6.45) is 0. The molecule has 2 unspecified atom stereocenters. The number of rotatable bonds is 2. The lowest BCUT2D eigenvalue weighted by atomic mass is 9.62. The van der Waals surface area contributed by atoms with Gasteiger partial charge in [-0.2, -0.15) is 0 Å². The fraction of sp³-hybridized carbons (Fsp3) is 0.0196. The van der Waals surface area contributed by atoms with Crippen molar-refractivity contribution in [3.05, 3.63) is 216 Å². The van der Waals surface area contributed by atoms with Crippen molar-refractivity contribution < 1.29 is 4.57 Å². The molecule has 0 bridgehead atoms. The second kappa shape index (κ2) is 10.8. The van der Waals surface area contributed by atoms with Gasteiger partial charge < -0.3 is 9.13 Å². The molecule has 0 amide bonds. The Morgan fingerprint density at radius 2 is 1.04 bits per heavy atom. The zero-order chi connectivity index (χ0) is 35.6. The third kappa shape index (κ3) is 3.68. The fourth-order valence-electron chi connectivity index (χ4n) is 10.0. The first kappa shape index (κ1) is 30.0. The predicted octanol–water partition coefficient (Wildman–Crippen LogP) is 11.4. The maximum absolute atomic E-state index is 16.4. The van der Waals surface area contributed by atoms with E-state index in [9.17, 15) is 0 Å². The van der Waals surface area contributed by atoms with Gasteiger partial charge in [-0.3, -0.25) is 0 Å². The third-order valence-electron chi connectivity index (χ3n) is 12.2. The van der Waals surface area contributed by atoms with Crippen LogP contribution in [0.3, 0.4) is 0 Å². The summed E-state index contributed by atoms with van der Waals surface area (Å²) in [5, 5.41) is 10.1. The first-order valence-electron chi connectivity index (χ1n) is 18.6. The minimum atomic E-state index is -3.32. The van der Waals surface area contributed by atoms with Gasteiger partial charge >= 0.3 is 0 Å². The van der Waals surface area contributed by atoms with Crippen LogP contribution in [0.2, 0.25) is 0 Å². The van der Waals surface area contributed by atoms with Crippen molar-refractivity contribution in [3.8, 4) is 16.8 Å². The van der Waals surface area contributed by atoms with Crippen LogP contribution in [-0.2, 0) is 9.98 Å². The second-order valence-electron chi connectivity index (χ2n) is 14.7. The van der Waals surface area contributed by atoms with Crippen molar-refractivity contribution in [1.82, 2.24) is 4.57 Å². The molecule has 0 fully saturated rings. The molecule has 0 N–H and O–H groups in total. The van der Waals surface area contributed by atoms with Crippen LogP contribution in [0.25, 0.3) is 60.2 Å². The molecular formula is C51H32NOP.